The number of anilines is 1. The van der Waals surface area contributed by atoms with Gasteiger partial charge in [-0.25, -0.2) is 13.1 Å². The van der Waals surface area contributed by atoms with E-state index in [0.717, 1.165) is 5.56 Å². The zero-order valence-corrected chi connectivity index (χ0v) is 12.9. The van der Waals surface area contributed by atoms with E-state index < -0.39 is 10.0 Å². The first-order chi connectivity index (χ1) is 10.5. The van der Waals surface area contributed by atoms with Crippen LogP contribution >= 0.6 is 0 Å². The average molecular weight is 316 g/mol. The largest absolute Gasteiger partial charge is 0.326 e. The van der Waals surface area contributed by atoms with Crippen LogP contribution < -0.4 is 10.0 Å². The number of benzene rings is 2. The third kappa shape index (κ3) is 2.88. The Morgan fingerprint density at radius 3 is 2.59 bits per heavy atom. The van der Waals surface area contributed by atoms with E-state index in [-0.39, 0.29) is 23.3 Å². The summed E-state index contributed by atoms with van der Waals surface area (Å²) in [5.41, 5.74) is 2.28. The standard InChI is InChI=1S/C16H16N2O3S/c1-11(12-5-3-2-4-6-12)18-22(20,21)14-7-8-15-13(9-14)10-16(19)17-15/h2-9,11,18H,10H2,1H3,(H,17,19). The Hall–Kier alpha value is -2.18. The molecule has 0 radical (unpaired) electrons. The molecular formula is C16H16N2O3S. The van der Waals surface area contributed by atoms with Crippen LogP contribution in [-0.2, 0) is 21.2 Å². The Kier molecular flexibility index (Phi) is 3.72. The van der Waals surface area contributed by atoms with E-state index in [0.29, 0.717) is 11.3 Å². The van der Waals surface area contributed by atoms with Gasteiger partial charge < -0.3 is 5.32 Å². The molecule has 2 aromatic rings. The monoisotopic (exact) mass is 316 g/mol. The van der Waals surface area contributed by atoms with Crippen molar-refractivity contribution in [3.05, 3.63) is 59.7 Å². The van der Waals surface area contributed by atoms with Crippen LogP contribution in [0.3, 0.4) is 0 Å². The number of carbonyl (C=O) groups is 1. The number of amides is 1. The van der Waals surface area contributed by atoms with Gasteiger partial charge in [-0.3, -0.25) is 4.79 Å². The van der Waals surface area contributed by atoms with E-state index in [4.69, 9.17) is 0 Å². The molecule has 2 N–H and O–H groups in total. The van der Waals surface area contributed by atoms with Gasteiger partial charge in [-0.15, -0.1) is 0 Å². The maximum Gasteiger partial charge on any atom is 0.241 e. The van der Waals surface area contributed by atoms with Crippen molar-refractivity contribution in [2.24, 2.45) is 0 Å². The third-order valence-electron chi connectivity index (χ3n) is 3.64. The van der Waals surface area contributed by atoms with E-state index in [1.54, 1.807) is 19.1 Å². The number of rotatable bonds is 4. The molecule has 22 heavy (non-hydrogen) atoms. The lowest BCUT2D eigenvalue weighted by Gasteiger charge is -2.15. The Labute approximate surface area is 129 Å². The lowest BCUT2D eigenvalue weighted by molar-refractivity contribution is -0.115. The smallest absolute Gasteiger partial charge is 0.241 e. The number of nitrogens with one attached hydrogen (secondary N) is 2. The number of hydrogen-bond donors (Lipinski definition) is 2. The Morgan fingerprint density at radius 1 is 1.14 bits per heavy atom. The van der Waals surface area contributed by atoms with Crippen LogP contribution in [0.2, 0.25) is 0 Å². The van der Waals surface area contributed by atoms with Gasteiger partial charge in [0.15, 0.2) is 0 Å². The van der Waals surface area contributed by atoms with Crippen molar-refractivity contribution in [2.75, 3.05) is 5.32 Å². The second kappa shape index (κ2) is 5.55. The first-order valence-corrected chi connectivity index (χ1v) is 8.44. The Morgan fingerprint density at radius 2 is 1.86 bits per heavy atom. The molecule has 1 aliphatic rings. The molecule has 0 fully saturated rings. The summed E-state index contributed by atoms with van der Waals surface area (Å²) >= 11 is 0. The predicted octanol–water partition coefficient (Wildman–Crippen LogP) is 2.22. The van der Waals surface area contributed by atoms with Crippen LogP contribution in [0.4, 0.5) is 5.69 Å². The van der Waals surface area contributed by atoms with Gasteiger partial charge >= 0.3 is 0 Å². The Bertz CT molecular complexity index is 817. The molecule has 0 bridgehead atoms. The molecule has 1 unspecified atom stereocenters. The molecule has 1 atom stereocenters. The van der Waals surface area contributed by atoms with Crippen molar-refractivity contribution >= 4 is 21.6 Å². The summed E-state index contributed by atoms with van der Waals surface area (Å²) in [5, 5.41) is 2.69. The van der Waals surface area contributed by atoms with Crippen LogP contribution in [0.15, 0.2) is 53.4 Å². The quantitative estimate of drug-likeness (QED) is 0.908. The zero-order chi connectivity index (χ0) is 15.7. The second-order valence-electron chi connectivity index (χ2n) is 5.30. The van der Waals surface area contributed by atoms with Crippen LogP contribution in [0, 0.1) is 0 Å². The summed E-state index contributed by atoms with van der Waals surface area (Å²) < 4.78 is 27.6. The van der Waals surface area contributed by atoms with Crippen molar-refractivity contribution in [1.29, 1.82) is 0 Å². The number of fused-ring (bicyclic) bond motifs is 1. The molecule has 0 aromatic heterocycles. The van der Waals surface area contributed by atoms with Crippen LogP contribution in [0.5, 0.6) is 0 Å². The summed E-state index contributed by atoms with van der Waals surface area (Å²) in [4.78, 5) is 11.5. The van der Waals surface area contributed by atoms with Crippen molar-refractivity contribution in [2.45, 2.75) is 24.3 Å². The Balaban J connectivity index is 1.85. The molecule has 3 rings (SSSR count). The predicted molar refractivity (Wildman–Crippen MR) is 84.0 cm³/mol. The third-order valence-corrected chi connectivity index (χ3v) is 5.18. The molecule has 1 heterocycles. The fraction of sp³-hybridized carbons (Fsp3) is 0.188. The topological polar surface area (TPSA) is 75.3 Å². The van der Waals surface area contributed by atoms with Crippen molar-refractivity contribution in [3.63, 3.8) is 0 Å². The average Bonchev–Trinajstić information content (AvgIpc) is 2.86. The van der Waals surface area contributed by atoms with Gasteiger partial charge in [-0.2, -0.15) is 0 Å². The van der Waals surface area contributed by atoms with Crippen molar-refractivity contribution in [3.8, 4) is 0 Å². The van der Waals surface area contributed by atoms with Gasteiger partial charge in [0, 0.05) is 11.7 Å². The van der Waals surface area contributed by atoms with Gasteiger partial charge in [0.25, 0.3) is 0 Å². The highest BCUT2D eigenvalue weighted by Gasteiger charge is 2.23. The fourth-order valence-electron chi connectivity index (χ4n) is 2.48. The molecule has 114 valence electrons. The molecule has 0 spiro atoms. The molecular weight excluding hydrogens is 300 g/mol. The first-order valence-electron chi connectivity index (χ1n) is 6.96. The van der Waals surface area contributed by atoms with Crippen LogP contribution in [-0.4, -0.2) is 14.3 Å². The molecule has 0 saturated carbocycles. The minimum absolute atomic E-state index is 0.116. The highest BCUT2D eigenvalue weighted by molar-refractivity contribution is 7.89. The summed E-state index contributed by atoms with van der Waals surface area (Å²) in [5.74, 6) is -0.116. The second-order valence-corrected chi connectivity index (χ2v) is 7.01. The normalized spacial score (nSPS) is 15.2. The number of sulfonamides is 1. The van der Waals surface area contributed by atoms with Gasteiger partial charge in [0.1, 0.15) is 0 Å². The van der Waals surface area contributed by atoms with E-state index in [1.165, 1.54) is 6.07 Å². The molecule has 5 nitrogen and oxygen atoms in total. The lowest BCUT2D eigenvalue weighted by atomic mass is 10.1. The van der Waals surface area contributed by atoms with Gasteiger partial charge in [0.2, 0.25) is 15.9 Å². The minimum Gasteiger partial charge on any atom is -0.326 e. The summed E-state index contributed by atoms with van der Waals surface area (Å²) in [6.45, 7) is 1.80. The molecule has 2 aromatic carbocycles. The zero-order valence-electron chi connectivity index (χ0n) is 12.0. The molecule has 6 heteroatoms. The van der Waals surface area contributed by atoms with Gasteiger partial charge in [0.05, 0.1) is 11.3 Å². The highest BCUT2D eigenvalue weighted by Crippen LogP contribution is 2.26. The first kappa shape index (κ1) is 14.7. The number of hydrogen-bond acceptors (Lipinski definition) is 3. The summed E-state index contributed by atoms with van der Waals surface area (Å²) in [6.07, 6.45) is 0.215. The van der Waals surface area contributed by atoms with E-state index in [9.17, 15) is 13.2 Å². The SMILES string of the molecule is CC(NS(=O)(=O)c1ccc2c(c1)CC(=O)N2)c1ccccc1. The van der Waals surface area contributed by atoms with E-state index >= 15 is 0 Å². The van der Waals surface area contributed by atoms with Gasteiger partial charge in [-0.1, -0.05) is 30.3 Å². The summed E-state index contributed by atoms with van der Waals surface area (Å²) in [7, 11) is -3.64. The van der Waals surface area contributed by atoms with E-state index in [1.807, 2.05) is 30.3 Å². The van der Waals surface area contributed by atoms with Gasteiger partial charge in [-0.05, 0) is 36.2 Å². The van der Waals surface area contributed by atoms with Crippen molar-refractivity contribution < 1.29 is 13.2 Å². The molecule has 1 aliphatic heterocycles. The molecule has 0 aliphatic carbocycles. The molecule has 1 amide bonds. The molecule has 0 saturated heterocycles. The van der Waals surface area contributed by atoms with Crippen LogP contribution in [0.25, 0.3) is 0 Å². The van der Waals surface area contributed by atoms with Crippen LogP contribution in [0.1, 0.15) is 24.1 Å². The lowest BCUT2D eigenvalue weighted by Crippen LogP contribution is -2.26. The maximum atomic E-state index is 12.5. The fourth-order valence-corrected chi connectivity index (χ4v) is 3.77. The maximum absolute atomic E-state index is 12.5. The highest BCUT2D eigenvalue weighted by atomic mass is 32.2. The van der Waals surface area contributed by atoms with Crippen molar-refractivity contribution in [1.82, 2.24) is 4.72 Å². The summed E-state index contributed by atoms with van der Waals surface area (Å²) in [6, 6.07) is 13.7. The van der Waals surface area contributed by atoms with E-state index in [2.05, 4.69) is 10.0 Å². The number of carbonyl (C=O) groups excluding carboxylic acids is 1. The minimum atomic E-state index is -3.64.